The topological polar surface area (TPSA) is 21.7 Å². The number of rotatable bonds is 2. The minimum atomic E-state index is -4.53. The summed E-state index contributed by atoms with van der Waals surface area (Å²) in [5, 5.41) is 3.68. The third-order valence-electron chi connectivity index (χ3n) is 2.96. The first-order chi connectivity index (χ1) is 10.1. The molecule has 0 bridgehead atoms. The Labute approximate surface area is 118 Å². The van der Waals surface area contributed by atoms with Crippen molar-refractivity contribution in [2.45, 2.75) is 6.18 Å². The lowest BCUT2D eigenvalue weighted by Gasteiger charge is -2.02. The normalized spacial score (nSPS) is 11.6. The highest BCUT2D eigenvalue weighted by molar-refractivity contribution is 5.32. The SMILES string of the molecule is FC(F)(F)c1n[n+](-c2ccccc2)cn1-c1ccccc1. The van der Waals surface area contributed by atoms with Crippen molar-refractivity contribution < 1.29 is 17.9 Å². The maximum absolute atomic E-state index is 13.2. The molecule has 0 aliphatic rings. The number of halogens is 3. The summed E-state index contributed by atoms with van der Waals surface area (Å²) in [7, 11) is 0. The molecule has 0 amide bonds. The van der Waals surface area contributed by atoms with Gasteiger partial charge in [-0.1, -0.05) is 41.1 Å². The highest BCUT2D eigenvalue weighted by atomic mass is 19.4. The van der Waals surface area contributed by atoms with Gasteiger partial charge in [0.25, 0.3) is 6.33 Å². The molecule has 3 aromatic rings. The second-order valence-corrected chi connectivity index (χ2v) is 4.42. The molecule has 0 aliphatic carbocycles. The van der Waals surface area contributed by atoms with E-state index < -0.39 is 12.0 Å². The molecule has 1 aromatic heterocycles. The van der Waals surface area contributed by atoms with Crippen LogP contribution in [-0.4, -0.2) is 9.67 Å². The number of aromatic nitrogens is 3. The number of para-hydroxylation sites is 2. The Hall–Kier alpha value is -2.63. The van der Waals surface area contributed by atoms with Crippen molar-refractivity contribution in [3.63, 3.8) is 0 Å². The van der Waals surface area contributed by atoms with Crippen molar-refractivity contribution in [2.24, 2.45) is 0 Å². The van der Waals surface area contributed by atoms with E-state index in [1.54, 1.807) is 60.7 Å². The second-order valence-electron chi connectivity index (χ2n) is 4.42. The van der Waals surface area contributed by atoms with Crippen LogP contribution in [0, 0.1) is 0 Å². The molecular weight excluding hydrogens is 279 g/mol. The number of hydrogen-bond donors (Lipinski definition) is 0. The smallest absolute Gasteiger partial charge is 0.173 e. The summed E-state index contributed by atoms with van der Waals surface area (Å²) < 4.78 is 41.8. The molecule has 3 rings (SSSR count). The standard InChI is InChI=1S/C15H11F3N3/c16-15(17,18)14-19-21(13-9-5-2-6-10-13)11-20(14)12-7-3-1-4-8-12/h1-11H/q+1. The molecule has 2 aromatic carbocycles. The molecule has 0 saturated carbocycles. The molecule has 6 heteroatoms. The lowest BCUT2D eigenvalue weighted by Crippen LogP contribution is -2.32. The van der Waals surface area contributed by atoms with E-state index >= 15 is 0 Å². The molecule has 0 fully saturated rings. The molecule has 0 radical (unpaired) electrons. The van der Waals surface area contributed by atoms with Crippen LogP contribution in [0.2, 0.25) is 0 Å². The fourth-order valence-corrected chi connectivity index (χ4v) is 2.02. The quantitative estimate of drug-likeness (QED) is 0.664. The van der Waals surface area contributed by atoms with Gasteiger partial charge in [-0.05, 0) is 29.4 Å². The number of benzene rings is 2. The van der Waals surface area contributed by atoms with Crippen LogP contribution in [-0.2, 0) is 6.18 Å². The summed E-state index contributed by atoms with van der Waals surface area (Å²) in [6.45, 7) is 0. The van der Waals surface area contributed by atoms with Crippen molar-refractivity contribution in [3.8, 4) is 11.4 Å². The second kappa shape index (κ2) is 5.05. The van der Waals surface area contributed by atoms with Gasteiger partial charge in [0.1, 0.15) is 5.69 Å². The van der Waals surface area contributed by atoms with E-state index in [1.165, 1.54) is 11.0 Å². The van der Waals surface area contributed by atoms with Gasteiger partial charge < -0.3 is 0 Å². The Morgan fingerprint density at radius 3 is 2.00 bits per heavy atom. The summed E-state index contributed by atoms with van der Waals surface area (Å²) in [6, 6.07) is 17.0. The Balaban J connectivity index is 2.17. The zero-order valence-corrected chi connectivity index (χ0v) is 10.8. The summed E-state index contributed by atoms with van der Waals surface area (Å²) >= 11 is 0. The Morgan fingerprint density at radius 1 is 0.857 bits per heavy atom. The number of hydrogen-bond acceptors (Lipinski definition) is 1. The van der Waals surface area contributed by atoms with Gasteiger partial charge in [-0.2, -0.15) is 17.7 Å². The van der Waals surface area contributed by atoms with E-state index in [1.807, 2.05) is 0 Å². The van der Waals surface area contributed by atoms with E-state index in [9.17, 15) is 13.2 Å². The van der Waals surface area contributed by atoms with E-state index in [0.29, 0.717) is 11.4 Å². The molecule has 0 unspecified atom stereocenters. The van der Waals surface area contributed by atoms with Gasteiger partial charge in [-0.15, -0.1) is 0 Å². The Bertz CT molecular complexity index is 734. The molecule has 0 N–H and O–H groups in total. The van der Waals surface area contributed by atoms with Crippen LogP contribution in [0.5, 0.6) is 0 Å². The highest BCUT2D eigenvalue weighted by Crippen LogP contribution is 2.28. The van der Waals surface area contributed by atoms with Gasteiger partial charge >= 0.3 is 12.0 Å². The Morgan fingerprint density at radius 2 is 1.43 bits per heavy atom. The summed E-state index contributed by atoms with van der Waals surface area (Å²) in [5.41, 5.74) is 0.977. The predicted molar refractivity (Wildman–Crippen MR) is 70.1 cm³/mol. The van der Waals surface area contributed by atoms with E-state index in [4.69, 9.17) is 0 Å². The fraction of sp³-hybridized carbons (Fsp3) is 0.0667. The van der Waals surface area contributed by atoms with Crippen molar-refractivity contribution in [1.82, 2.24) is 9.67 Å². The molecule has 3 nitrogen and oxygen atoms in total. The first kappa shape index (κ1) is 13.4. The van der Waals surface area contributed by atoms with Gasteiger partial charge in [-0.3, -0.25) is 0 Å². The van der Waals surface area contributed by atoms with Crippen LogP contribution in [0.1, 0.15) is 5.82 Å². The fourth-order valence-electron chi connectivity index (χ4n) is 2.02. The largest absolute Gasteiger partial charge is 0.477 e. The van der Waals surface area contributed by atoms with E-state index in [2.05, 4.69) is 5.10 Å². The van der Waals surface area contributed by atoms with Crippen LogP contribution < -0.4 is 4.68 Å². The summed E-state index contributed by atoms with van der Waals surface area (Å²) in [4.78, 5) is 0. The minimum absolute atomic E-state index is 0.409. The van der Waals surface area contributed by atoms with Gasteiger partial charge in [-0.25, -0.2) is 0 Å². The first-order valence-electron chi connectivity index (χ1n) is 6.25. The highest BCUT2D eigenvalue weighted by Gasteiger charge is 2.43. The maximum atomic E-state index is 13.2. The van der Waals surface area contributed by atoms with Gasteiger partial charge in [0.15, 0.2) is 5.69 Å². The van der Waals surface area contributed by atoms with E-state index in [0.717, 1.165) is 4.57 Å². The molecule has 21 heavy (non-hydrogen) atoms. The summed E-state index contributed by atoms with van der Waals surface area (Å²) in [6.07, 6.45) is -3.20. The van der Waals surface area contributed by atoms with Gasteiger partial charge in [0.05, 0.1) is 0 Å². The molecule has 0 spiro atoms. The van der Waals surface area contributed by atoms with Gasteiger partial charge in [0.2, 0.25) is 0 Å². The van der Waals surface area contributed by atoms with Crippen molar-refractivity contribution in [3.05, 3.63) is 72.8 Å². The average Bonchev–Trinajstić information content (AvgIpc) is 2.94. The Kier molecular flexibility index (Phi) is 3.21. The first-order valence-corrected chi connectivity index (χ1v) is 6.25. The lowest BCUT2D eigenvalue weighted by atomic mass is 10.3. The third kappa shape index (κ3) is 2.65. The van der Waals surface area contributed by atoms with Gasteiger partial charge in [0, 0.05) is 0 Å². The maximum Gasteiger partial charge on any atom is 0.477 e. The summed E-state index contributed by atoms with van der Waals surface area (Å²) in [5.74, 6) is -0.961. The van der Waals surface area contributed by atoms with Crippen molar-refractivity contribution in [2.75, 3.05) is 0 Å². The number of nitrogens with zero attached hydrogens (tertiary/aromatic N) is 3. The molecule has 0 saturated heterocycles. The monoisotopic (exact) mass is 290 g/mol. The molecule has 0 aliphatic heterocycles. The zero-order chi connectivity index (χ0) is 14.9. The molecule has 106 valence electrons. The van der Waals surface area contributed by atoms with Crippen LogP contribution >= 0.6 is 0 Å². The molecule has 1 heterocycles. The zero-order valence-electron chi connectivity index (χ0n) is 10.8. The third-order valence-corrected chi connectivity index (χ3v) is 2.96. The van der Waals surface area contributed by atoms with Crippen LogP contribution in [0.3, 0.4) is 0 Å². The van der Waals surface area contributed by atoms with E-state index in [-0.39, 0.29) is 0 Å². The van der Waals surface area contributed by atoms with Crippen molar-refractivity contribution in [1.29, 1.82) is 0 Å². The molecule has 0 atom stereocenters. The van der Waals surface area contributed by atoms with Crippen LogP contribution in [0.15, 0.2) is 67.0 Å². The van der Waals surface area contributed by atoms with Crippen LogP contribution in [0.25, 0.3) is 11.4 Å². The number of alkyl halides is 3. The molecular formula is C15H11F3N3+. The van der Waals surface area contributed by atoms with Crippen molar-refractivity contribution >= 4 is 0 Å². The lowest BCUT2D eigenvalue weighted by molar-refractivity contribution is -0.658. The van der Waals surface area contributed by atoms with Crippen LogP contribution in [0.4, 0.5) is 13.2 Å². The average molecular weight is 290 g/mol. The predicted octanol–water partition coefficient (Wildman–Crippen LogP) is 3.17. The minimum Gasteiger partial charge on any atom is -0.173 e.